The molecule has 0 spiro atoms. The molecule has 302 valence electrons. The number of hydrogen-bond donors (Lipinski definition) is 4. The number of H-pyrrole nitrogens is 2. The van der Waals surface area contributed by atoms with Crippen molar-refractivity contribution < 1.29 is 19.1 Å². The molecule has 8 rings (SSSR count). The molecule has 59 heavy (non-hydrogen) atoms. The number of amides is 3. The number of rotatable bonds is 12. The second-order valence-electron chi connectivity index (χ2n) is 15.3. The van der Waals surface area contributed by atoms with Gasteiger partial charge in [0.2, 0.25) is 18.0 Å². The molecule has 2 aliphatic heterocycles. The minimum Gasteiger partial charge on any atom is -0.431 e. The van der Waals surface area contributed by atoms with E-state index in [1.54, 1.807) is 41.7 Å². The van der Waals surface area contributed by atoms with Crippen molar-refractivity contribution in [1.29, 1.82) is 0 Å². The van der Waals surface area contributed by atoms with Crippen LogP contribution in [0.2, 0.25) is 0 Å². The topological polar surface area (TPSA) is 174 Å². The number of hydrogen-bond acceptors (Lipinski definition) is 9. The molecule has 2 saturated heterocycles. The maximum Gasteiger partial charge on any atom is 0.408 e. The standard InChI is InChI=1S/C45H48N10O4/c1-28(2)38(53-44-47-22-9-23-48-44)42(56)54-24-7-12-36(54)40-49-26-34(51-40)31-18-14-29(15-19-31)30-16-20-32(21-17-30)35-27-50-41(52-35)37-13-8-25-55(37)43(57)39(59-45(58)46-3)33-10-5-4-6-11-33/h4-6,9-11,14-23,26-28,36-39H,7-8,12-13,24-25H2,1-3H3,(H,46,58)(H,49,51)(H,50,52)(H,47,48,53)/t36-,37-,38+,39+/m0/s1. The molecule has 0 unspecified atom stereocenters. The van der Waals surface area contributed by atoms with Gasteiger partial charge in [0, 0.05) is 38.1 Å². The van der Waals surface area contributed by atoms with Gasteiger partial charge in [-0.2, -0.15) is 0 Å². The Morgan fingerprint density at radius 2 is 1.19 bits per heavy atom. The van der Waals surface area contributed by atoms with Crippen molar-refractivity contribution in [1.82, 2.24) is 45.0 Å². The molecule has 6 aromatic rings. The number of nitrogens with zero attached hydrogens (tertiary/aromatic N) is 6. The highest BCUT2D eigenvalue weighted by Crippen LogP contribution is 2.36. The predicted molar refractivity (Wildman–Crippen MR) is 223 cm³/mol. The summed E-state index contributed by atoms with van der Waals surface area (Å²) >= 11 is 0. The van der Waals surface area contributed by atoms with Crippen molar-refractivity contribution in [2.75, 3.05) is 25.5 Å². The SMILES string of the molecule is CNC(=O)O[C@@H](C(=O)N1CCC[C@H]1c1ncc(-c2ccc(-c3ccc(-c4cnc([C@@H]5CCCN5C(=O)[C@H](Nc5ncccn5)C(C)C)[nH]4)cc3)cc2)[nH]1)c1ccccc1. The summed E-state index contributed by atoms with van der Waals surface area (Å²) in [5, 5.41) is 5.70. The summed E-state index contributed by atoms with van der Waals surface area (Å²) in [6.07, 6.45) is 8.54. The molecule has 4 atom stereocenters. The number of anilines is 1. The van der Waals surface area contributed by atoms with Crippen molar-refractivity contribution in [3.8, 4) is 33.6 Å². The van der Waals surface area contributed by atoms with E-state index in [9.17, 15) is 14.4 Å². The van der Waals surface area contributed by atoms with Crippen LogP contribution in [0.5, 0.6) is 0 Å². The lowest BCUT2D eigenvalue weighted by Crippen LogP contribution is -2.45. The van der Waals surface area contributed by atoms with Gasteiger partial charge < -0.3 is 35.1 Å². The lowest BCUT2D eigenvalue weighted by molar-refractivity contribution is -0.142. The lowest BCUT2D eigenvalue weighted by Gasteiger charge is -2.30. The van der Waals surface area contributed by atoms with Crippen LogP contribution in [0.3, 0.4) is 0 Å². The van der Waals surface area contributed by atoms with Gasteiger partial charge in [-0.1, -0.05) is 92.7 Å². The van der Waals surface area contributed by atoms with Crippen LogP contribution < -0.4 is 10.6 Å². The smallest absolute Gasteiger partial charge is 0.408 e. The molecule has 3 aromatic heterocycles. The second kappa shape index (κ2) is 17.3. The van der Waals surface area contributed by atoms with E-state index in [1.807, 2.05) is 43.1 Å². The van der Waals surface area contributed by atoms with E-state index < -0.39 is 18.2 Å². The fourth-order valence-corrected chi connectivity index (χ4v) is 8.03. The molecular formula is C45H48N10O4. The molecular weight excluding hydrogens is 745 g/mol. The van der Waals surface area contributed by atoms with E-state index in [0.29, 0.717) is 30.4 Å². The van der Waals surface area contributed by atoms with Crippen molar-refractivity contribution >= 4 is 23.9 Å². The van der Waals surface area contributed by atoms with E-state index in [4.69, 9.17) is 14.7 Å². The van der Waals surface area contributed by atoms with Crippen molar-refractivity contribution in [3.63, 3.8) is 0 Å². The van der Waals surface area contributed by atoms with Gasteiger partial charge in [-0.25, -0.2) is 24.7 Å². The number of aromatic nitrogens is 6. The Morgan fingerprint density at radius 1 is 0.678 bits per heavy atom. The van der Waals surface area contributed by atoms with E-state index in [-0.39, 0.29) is 29.8 Å². The first-order valence-electron chi connectivity index (χ1n) is 20.2. The van der Waals surface area contributed by atoms with Crippen LogP contribution >= 0.6 is 0 Å². The molecule has 14 heteroatoms. The van der Waals surface area contributed by atoms with Crippen LogP contribution in [0, 0.1) is 5.92 Å². The number of nitrogens with one attached hydrogen (secondary N) is 4. The van der Waals surface area contributed by atoms with Crippen LogP contribution in [0.15, 0.2) is 110 Å². The third-order valence-corrected chi connectivity index (χ3v) is 11.2. The molecule has 0 bridgehead atoms. The number of aromatic amines is 2. The third kappa shape index (κ3) is 8.43. The fourth-order valence-electron chi connectivity index (χ4n) is 8.03. The monoisotopic (exact) mass is 792 g/mol. The summed E-state index contributed by atoms with van der Waals surface area (Å²) in [7, 11) is 1.47. The largest absolute Gasteiger partial charge is 0.431 e. The molecule has 5 heterocycles. The average Bonchev–Trinajstić information content (AvgIpc) is 4.12. The van der Waals surface area contributed by atoms with Gasteiger partial charge in [-0.05, 0) is 59.9 Å². The lowest BCUT2D eigenvalue weighted by atomic mass is 10.0. The molecule has 14 nitrogen and oxygen atoms in total. The molecule has 0 radical (unpaired) electrons. The Bertz CT molecular complexity index is 2360. The minimum atomic E-state index is -1.06. The number of carbonyl (C=O) groups excluding carboxylic acids is 3. The molecule has 2 fully saturated rings. The van der Waals surface area contributed by atoms with E-state index in [2.05, 4.69) is 79.1 Å². The number of carbonyl (C=O) groups is 3. The highest BCUT2D eigenvalue weighted by molar-refractivity contribution is 5.86. The zero-order chi connectivity index (χ0) is 40.9. The summed E-state index contributed by atoms with van der Waals surface area (Å²) in [5.74, 6) is 1.70. The highest BCUT2D eigenvalue weighted by Gasteiger charge is 2.39. The Hall–Kier alpha value is -6.83. The second-order valence-corrected chi connectivity index (χ2v) is 15.3. The quantitative estimate of drug-likeness (QED) is 0.0980. The molecule has 4 N–H and O–H groups in total. The first-order chi connectivity index (χ1) is 28.8. The number of likely N-dealkylation sites (tertiary alicyclic amines) is 2. The molecule has 0 aliphatic carbocycles. The maximum atomic E-state index is 13.9. The normalized spacial score (nSPS) is 17.5. The van der Waals surface area contributed by atoms with Crippen molar-refractivity contribution in [2.45, 2.75) is 63.8 Å². The summed E-state index contributed by atoms with van der Waals surface area (Å²) in [4.78, 5) is 68.6. The molecule has 0 saturated carbocycles. The number of benzene rings is 3. The van der Waals surface area contributed by atoms with E-state index in [1.165, 1.54) is 7.05 Å². The molecule has 2 aliphatic rings. The third-order valence-electron chi connectivity index (χ3n) is 11.2. The van der Waals surface area contributed by atoms with Gasteiger partial charge in [0.05, 0.1) is 35.9 Å². The minimum absolute atomic E-state index is 0.0203. The Kier molecular flexibility index (Phi) is 11.5. The predicted octanol–water partition coefficient (Wildman–Crippen LogP) is 7.48. The zero-order valence-corrected chi connectivity index (χ0v) is 33.3. The van der Waals surface area contributed by atoms with Crippen LogP contribution in [-0.4, -0.2) is 83.8 Å². The van der Waals surface area contributed by atoms with Gasteiger partial charge in [0.15, 0.2) is 0 Å². The first kappa shape index (κ1) is 39.0. The van der Waals surface area contributed by atoms with Crippen LogP contribution in [0.4, 0.5) is 10.7 Å². The van der Waals surface area contributed by atoms with Gasteiger partial charge in [0.1, 0.15) is 17.7 Å². The van der Waals surface area contributed by atoms with Crippen LogP contribution in [0.1, 0.15) is 74.9 Å². The number of ether oxygens (including phenoxy) is 1. The first-order valence-corrected chi connectivity index (χ1v) is 20.2. The average molecular weight is 793 g/mol. The maximum absolute atomic E-state index is 13.9. The summed E-state index contributed by atoms with van der Waals surface area (Å²) in [6.45, 7) is 5.25. The zero-order valence-electron chi connectivity index (χ0n) is 33.3. The molecule has 3 aromatic carbocycles. The van der Waals surface area contributed by atoms with Crippen LogP contribution in [0.25, 0.3) is 33.6 Å². The van der Waals surface area contributed by atoms with Gasteiger partial charge in [-0.15, -0.1) is 0 Å². The van der Waals surface area contributed by atoms with Crippen molar-refractivity contribution in [3.05, 3.63) is 127 Å². The van der Waals surface area contributed by atoms with Gasteiger partial charge in [-0.3, -0.25) is 9.59 Å². The van der Waals surface area contributed by atoms with Gasteiger partial charge >= 0.3 is 6.09 Å². The summed E-state index contributed by atoms with van der Waals surface area (Å²) < 4.78 is 5.56. The Morgan fingerprint density at radius 3 is 1.69 bits per heavy atom. The Labute approximate surface area is 342 Å². The van der Waals surface area contributed by atoms with Crippen LogP contribution in [-0.2, 0) is 14.3 Å². The fraction of sp³-hybridized carbons (Fsp3) is 0.311. The van der Waals surface area contributed by atoms with E-state index in [0.717, 1.165) is 65.1 Å². The van der Waals surface area contributed by atoms with Crippen molar-refractivity contribution in [2.24, 2.45) is 5.92 Å². The highest BCUT2D eigenvalue weighted by atomic mass is 16.6. The molecule has 3 amide bonds. The van der Waals surface area contributed by atoms with Gasteiger partial charge in [0.25, 0.3) is 5.91 Å². The number of alkyl carbamates (subject to hydrolysis) is 1. The Balaban J connectivity index is 0.920. The number of imidazole rings is 2. The summed E-state index contributed by atoms with van der Waals surface area (Å²) in [6, 6.07) is 26.6. The summed E-state index contributed by atoms with van der Waals surface area (Å²) in [5.41, 5.74) is 6.46. The van der Waals surface area contributed by atoms with E-state index >= 15 is 0 Å².